The van der Waals surface area contributed by atoms with Gasteiger partial charge in [0.05, 0.1) is 11.5 Å². The Morgan fingerprint density at radius 3 is 2.34 bits per heavy atom. The van der Waals surface area contributed by atoms with Crippen LogP contribution in [-0.4, -0.2) is 64.8 Å². The van der Waals surface area contributed by atoms with Crippen molar-refractivity contribution in [1.29, 1.82) is 0 Å². The van der Waals surface area contributed by atoms with Crippen molar-refractivity contribution in [3.05, 3.63) is 58.2 Å². The molecule has 1 fully saturated rings. The molecule has 0 atom stereocenters. The second-order valence-electron chi connectivity index (χ2n) is 6.97. The molecule has 1 aromatic carbocycles. The van der Waals surface area contributed by atoms with Gasteiger partial charge in [-0.1, -0.05) is 0 Å². The number of piperazine rings is 1. The molecule has 14 heteroatoms. The highest BCUT2D eigenvalue weighted by Gasteiger charge is 2.31. The minimum absolute atomic E-state index is 0.0401. The van der Waals surface area contributed by atoms with Gasteiger partial charge in [-0.05, 0) is 24.3 Å². The summed E-state index contributed by atoms with van der Waals surface area (Å²) in [4.78, 5) is 23.3. The van der Waals surface area contributed by atoms with Crippen molar-refractivity contribution >= 4 is 21.6 Å². The van der Waals surface area contributed by atoms with E-state index < -0.39 is 20.9 Å². The highest BCUT2D eigenvalue weighted by atomic mass is 32.2. The molecule has 0 radical (unpaired) electrons. The number of benzene rings is 1. The molecule has 0 aliphatic carbocycles. The Morgan fingerprint density at radius 1 is 1.06 bits per heavy atom. The van der Waals surface area contributed by atoms with Crippen LogP contribution in [0.5, 0.6) is 0 Å². The Bertz CT molecular complexity index is 1240. The van der Waals surface area contributed by atoms with Crippen molar-refractivity contribution in [3.63, 3.8) is 0 Å². The third-order valence-electron chi connectivity index (χ3n) is 4.90. The molecule has 0 saturated carbocycles. The van der Waals surface area contributed by atoms with Crippen LogP contribution in [0.1, 0.15) is 16.4 Å². The smallest absolute Gasteiger partial charge is 0.284 e. The number of amides is 1. The Balaban J connectivity index is 1.36. The highest BCUT2D eigenvalue weighted by molar-refractivity contribution is 7.89. The van der Waals surface area contributed by atoms with Gasteiger partial charge in [0, 0.05) is 43.9 Å². The molecule has 32 heavy (non-hydrogen) atoms. The summed E-state index contributed by atoms with van der Waals surface area (Å²) < 4.78 is 37.4. The zero-order valence-electron chi connectivity index (χ0n) is 16.6. The zero-order valence-corrected chi connectivity index (χ0v) is 17.4. The first-order valence-corrected chi connectivity index (χ1v) is 10.9. The van der Waals surface area contributed by atoms with E-state index in [2.05, 4.69) is 10.2 Å². The first kappa shape index (κ1) is 21.6. The molecule has 3 aromatic rings. The number of carbonyl (C=O) groups is 1. The minimum atomic E-state index is -3.88. The van der Waals surface area contributed by atoms with Crippen LogP contribution in [0.3, 0.4) is 0 Å². The first-order chi connectivity index (χ1) is 15.2. The summed E-state index contributed by atoms with van der Waals surface area (Å²) >= 11 is 0. The Hall–Kier alpha value is -3.62. The van der Waals surface area contributed by atoms with Gasteiger partial charge >= 0.3 is 0 Å². The summed E-state index contributed by atoms with van der Waals surface area (Å²) in [6.07, 6.45) is 0. The molecule has 2 N–H and O–H groups in total. The average molecular weight is 462 g/mol. The summed E-state index contributed by atoms with van der Waals surface area (Å²) in [5.74, 6) is -0.489. The lowest BCUT2D eigenvalue weighted by Crippen LogP contribution is -2.48. The van der Waals surface area contributed by atoms with E-state index in [0.717, 1.165) is 0 Å². The fraction of sp³-hybridized carbons (Fsp3) is 0.278. The fourth-order valence-corrected chi connectivity index (χ4v) is 4.53. The van der Waals surface area contributed by atoms with E-state index in [0.29, 0.717) is 31.1 Å². The van der Waals surface area contributed by atoms with Crippen molar-refractivity contribution in [2.45, 2.75) is 11.6 Å². The number of rotatable bonds is 7. The molecular formula is C18H18N6O7S. The number of primary amides is 1. The zero-order chi connectivity index (χ0) is 22.9. The van der Waals surface area contributed by atoms with Gasteiger partial charge in [-0.2, -0.15) is 4.31 Å². The SMILES string of the molecule is NC(=O)c1ccc(S(=O)(=O)N2CCN(Cc3nnc(-c4ccc([N+](=O)[O-])cc4)o3)CC2)o1. The van der Waals surface area contributed by atoms with Gasteiger partial charge < -0.3 is 14.6 Å². The van der Waals surface area contributed by atoms with Gasteiger partial charge in [-0.3, -0.25) is 19.8 Å². The largest absolute Gasteiger partial charge is 0.438 e. The average Bonchev–Trinajstić information content (AvgIpc) is 3.45. The van der Waals surface area contributed by atoms with E-state index in [-0.39, 0.29) is 35.5 Å². The van der Waals surface area contributed by atoms with E-state index in [1.54, 1.807) is 0 Å². The van der Waals surface area contributed by atoms with E-state index in [1.807, 2.05) is 4.90 Å². The first-order valence-electron chi connectivity index (χ1n) is 9.43. The molecule has 4 rings (SSSR count). The van der Waals surface area contributed by atoms with E-state index in [4.69, 9.17) is 14.6 Å². The molecule has 0 bridgehead atoms. The van der Waals surface area contributed by atoms with Crippen molar-refractivity contribution < 1.29 is 27.0 Å². The molecule has 0 unspecified atom stereocenters. The van der Waals surface area contributed by atoms with Crippen LogP contribution in [-0.2, 0) is 16.6 Å². The van der Waals surface area contributed by atoms with Crippen LogP contribution < -0.4 is 5.73 Å². The molecule has 0 spiro atoms. The number of hydrogen-bond acceptors (Lipinski definition) is 10. The Morgan fingerprint density at radius 2 is 1.75 bits per heavy atom. The number of carbonyl (C=O) groups excluding carboxylic acids is 1. The van der Waals surface area contributed by atoms with Crippen LogP contribution in [0.4, 0.5) is 5.69 Å². The maximum atomic E-state index is 12.7. The second-order valence-corrected chi connectivity index (χ2v) is 8.84. The molecule has 1 aliphatic rings. The van der Waals surface area contributed by atoms with Gasteiger partial charge in [-0.25, -0.2) is 8.42 Å². The number of nitrogens with two attached hydrogens (primary N) is 1. The van der Waals surface area contributed by atoms with Crippen molar-refractivity contribution in [2.75, 3.05) is 26.2 Å². The van der Waals surface area contributed by atoms with Gasteiger partial charge in [0.25, 0.3) is 21.6 Å². The number of hydrogen-bond donors (Lipinski definition) is 1. The number of sulfonamides is 1. The molecule has 1 saturated heterocycles. The van der Waals surface area contributed by atoms with Crippen LogP contribution in [0.15, 0.2) is 50.3 Å². The third-order valence-corrected chi connectivity index (χ3v) is 6.67. The molecule has 168 valence electrons. The standard InChI is InChI=1S/C18H18N6O7S/c19-17(25)14-5-6-16(30-14)32(28,29)23-9-7-22(8-10-23)11-15-20-21-18(31-15)12-1-3-13(4-2-12)24(26)27/h1-6H,7-11H2,(H2,19,25). The summed E-state index contributed by atoms with van der Waals surface area (Å²) in [6, 6.07) is 8.19. The summed E-state index contributed by atoms with van der Waals surface area (Å²) in [5, 5.41) is 18.4. The molecule has 13 nitrogen and oxygen atoms in total. The number of nitro benzene ring substituents is 1. The fourth-order valence-electron chi connectivity index (χ4n) is 3.20. The van der Waals surface area contributed by atoms with Crippen molar-refractivity contribution in [2.24, 2.45) is 5.73 Å². The Labute approximate surface area is 181 Å². The molecule has 3 heterocycles. The van der Waals surface area contributed by atoms with Gasteiger partial charge in [0.2, 0.25) is 16.9 Å². The molecule has 1 amide bonds. The van der Waals surface area contributed by atoms with Crippen LogP contribution in [0.2, 0.25) is 0 Å². The number of aromatic nitrogens is 2. The maximum absolute atomic E-state index is 12.7. The summed E-state index contributed by atoms with van der Waals surface area (Å²) in [7, 11) is -3.88. The molecule has 1 aliphatic heterocycles. The number of furan rings is 1. The van der Waals surface area contributed by atoms with E-state index in [9.17, 15) is 23.3 Å². The van der Waals surface area contributed by atoms with E-state index in [1.165, 1.54) is 40.7 Å². The van der Waals surface area contributed by atoms with E-state index >= 15 is 0 Å². The van der Waals surface area contributed by atoms with Crippen LogP contribution >= 0.6 is 0 Å². The summed E-state index contributed by atoms with van der Waals surface area (Å²) in [6.45, 7) is 1.56. The minimum Gasteiger partial charge on any atom is -0.438 e. The van der Waals surface area contributed by atoms with Crippen LogP contribution in [0.25, 0.3) is 11.5 Å². The second kappa shape index (κ2) is 8.49. The number of nitro groups is 1. The normalized spacial score (nSPS) is 15.6. The predicted octanol–water partition coefficient (Wildman–Crippen LogP) is 0.843. The quantitative estimate of drug-likeness (QED) is 0.390. The Kier molecular flexibility index (Phi) is 5.73. The molecular weight excluding hydrogens is 444 g/mol. The van der Waals surface area contributed by atoms with Gasteiger partial charge in [0.15, 0.2) is 5.76 Å². The maximum Gasteiger partial charge on any atom is 0.284 e. The van der Waals surface area contributed by atoms with Crippen molar-refractivity contribution in [3.8, 4) is 11.5 Å². The van der Waals surface area contributed by atoms with Gasteiger partial charge in [0.1, 0.15) is 0 Å². The number of nitrogens with zero attached hydrogens (tertiary/aromatic N) is 5. The lowest BCUT2D eigenvalue weighted by Gasteiger charge is -2.32. The topological polar surface area (TPSA) is 179 Å². The monoisotopic (exact) mass is 462 g/mol. The lowest BCUT2D eigenvalue weighted by atomic mass is 10.2. The van der Waals surface area contributed by atoms with Crippen molar-refractivity contribution in [1.82, 2.24) is 19.4 Å². The lowest BCUT2D eigenvalue weighted by molar-refractivity contribution is -0.384. The molecule has 2 aromatic heterocycles. The summed E-state index contributed by atoms with van der Waals surface area (Å²) in [5.41, 5.74) is 5.62. The highest BCUT2D eigenvalue weighted by Crippen LogP contribution is 2.23. The van der Waals surface area contributed by atoms with Gasteiger partial charge in [-0.15, -0.1) is 10.2 Å². The predicted molar refractivity (Wildman–Crippen MR) is 108 cm³/mol. The third kappa shape index (κ3) is 4.37. The van der Waals surface area contributed by atoms with Crippen LogP contribution in [0, 0.1) is 10.1 Å². The number of non-ortho nitro benzene ring substituents is 1.